The van der Waals surface area contributed by atoms with Crippen LogP contribution in [0.2, 0.25) is 0 Å². The van der Waals surface area contributed by atoms with Gasteiger partial charge in [0.25, 0.3) is 5.91 Å². The zero-order valence-electron chi connectivity index (χ0n) is 11.3. The van der Waals surface area contributed by atoms with Crippen molar-refractivity contribution in [2.75, 3.05) is 13.1 Å². The molecular formula is C15H14F2N2OS. The highest BCUT2D eigenvalue weighted by molar-refractivity contribution is 8.18. The minimum Gasteiger partial charge on any atom is -0.351 e. The summed E-state index contributed by atoms with van der Waals surface area (Å²) in [6.45, 7) is 1.83. The first kappa shape index (κ1) is 14.3. The summed E-state index contributed by atoms with van der Waals surface area (Å²) in [7, 11) is 0. The predicted octanol–water partition coefficient (Wildman–Crippen LogP) is 3.42. The van der Waals surface area contributed by atoms with Gasteiger partial charge in [-0.05, 0) is 54.8 Å². The molecule has 0 N–H and O–H groups in total. The first-order valence-electron chi connectivity index (χ1n) is 6.86. The smallest absolute Gasteiger partial charge is 0.286 e. The third-order valence-corrected chi connectivity index (χ3v) is 4.52. The molecule has 0 bridgehead atoms. The summed E-state index contributed by atoms with van der Waals surface area (Å²) in [6, 6.07) is 3.57. The van der Waals surface area contributed by atoms with E-state index in [1.165, 1.54) is 24.2 Å². The van der Waals surface area contributed by atoms with Gasteiger partial charge >= 0.3 is 0 Å². The van der Waals surface area contributed by atoms with Gasteiger partial charge in [0.1, 0.15) is 0 Å². The number of halogens is 2. The van der Waals surface area contributed by atoms with Crippen molar-refractivity contribution < 1.29 is 13.6 Å². The van der Waals surface area contributed by atoms with Gasteiger partial charge in [0.05, 0.1) is 4.91 Å². The van der Waals surface area contributed by atoms with E-state index >= 15 is 0 Å². The Hall–Kier alpha value is -1.69. The molecule has 0 aromatic heterocycles. The molecule has 0 spiro atoms. The molecule has 2 heterocycles. The summed E-state index contributed by atoms with van der Waals surface area (Å²) < 4.78 is 26.1. The predicted molar refractivity (Wildman–Crippen MR) is 79.8 cm³/mol. The third-order valence-electron chi connectivity index (χ3n) is 3.48. The van der Waals surface area contributed by atoms with Gasteiger partial charge in [-0.3, -0.25) is 4.79 Å². The van der Waals surface area contributed by atoms with Crippen LogP contribution in [0, 0.1) is 11.6 Å². The number of likely N-dealkylation sites (tertiary alicyclic amines) is 1. The normalized spacial score (nSPS) is 21.0. The highest BCUT2D eigenvalue weighted by atomic mass is 32.2. The summed E-state index contributed by atoms with van der Waals surface area (Å²) >= 11 is 1.30. The van der Waals surface area contributed by atoms with Crippen molar-refractivity contribution in [1.29, 1.82) is 0 Å². The van der Waals surface area contributed by atoms with Crippen molar-refractivity contribution in [3.05, 3.63) is 40.3 Å². The first-order valence-corrected chi connectivity index (χ1v) is 7.68. The largest absolute Gasteiger partial charge is 0.351 e. The van der Waals surface area contributed by atoms with E-state index in [4.69, 9.17) is 0 Å². The van der Waals surface area contributed by atoms with Crippen LogP contribution in [0.5, 0.6) is 0 Å². The number of amides is 1. The Bertz CT molecular complexity index is 637. The van der Waals surface area contributed by atoms with Crippen molar-refractivity contribution in [1.82, 2.24) is 4.90 Å². The lowest BCUT2D eigenvalue weighted by Crippen LogP contribution is -2.33. The molecule has 3 rings (SSSR count). The molecule has 0 atom stereocenters. The Morgan fingerprint density at radius 3 is 2.62 bits per heavy atom. The maximum atomic E-state index is 13.2. The lowest BCUT2D eigenvalue weighted by molar-refractivity contribution is -0.113. The van der Waals surface area contributed by atoms with Crippen LogP contribution in [0.4, 0.5) is 8.78 Å². The van der Waals surface area contributed by atoms with Crippen molar-refractivity contribution >= 4 is 28.9 Å². The number of benzene rings is 1. The average molecular weight is 308 g/mol. The molecule has 6 heteroatoms. The Balaban J connectivity index is 1.77. The molecule has 1 saturated heterocycles. The van der Waals surface area contributed by atoms with E-state index in [0.717, 1.165) is 38.1 Å². The number of thioether (sulfide) groups is 1. The zero-order valence-corrected chi connectivity index (χ0v) is 12.1. The van der Waals surface area contributed by atoms with Crippen LogP contribution >= 0.6 is 11.8 Å². The summed E-state index contributed by atoms with van der Waals surface area (Å²) in [5, 5.41) is 0.716. The van der Waals surface area contributed by atoms with Gasteiger partial charge in [0.15, 0.2) is 16.8 Å². The van der Waals surface area contributed by atoms with E-state index in [-0.39, 0.29) is 5.91 Å². The Morgan fingerprint density at radius 2 is 1.90 bits per heavy atom. The summed E-state index contributed by atoms with van der Waals surface area (Å²) in [4.78, 5) is 18.5. The second-order valence-corrected chi connectivity index (χ2v) is 6.04. The Kier molecular flexibility index (Phi) is 4.05. The van der Waals surface area contributed by atoms with Crippen molar-refractivity contribution in [3.8, 4) is 0 Å². The number of amidine groups is 1. The van der Waals surface area contributed by atoms with Crippen molar-refractivity contribution in [2.45, 2.75) is 19.3 Å². The maximum Gasteiger partial charge on any atom is 0.286 e. The minimum absolute atomic E-state index is 0.315. The highest BCUT2D eigenvalue weighted by Gasteiger charge is 2.26. The molecule has 0 saturated carbocycles. The highest BCUT2D eigenvalue weighted by Crippen LogP contribution is 2.31. The molecule has 2 aliphatic rings. The van der Waals surface area contributed by atoms with Crippen LogP contribution in [-0.4, -0.2) is 29.1 Å². The number of nitrogens with zero attached hydrogens (tertiary/aromatic N) is 2. The van der Waals surface area contributed by atoms with Gasteiger partial charge in [-0.25, -0.2) is 8.78 Å². The molecule has 0 aliphatic carbocycles. The molecular weight excluding hydrogens is 294 g/mol. The lowest BCUT2D eigenvalue weighted by Gasteiger charge is -2.27. The van der Waals surface area contributed by atoms with E-state index in [9.17, 15) is 13.6 Å². The molecule has 3 nitrogen and oxygen atoms in total. The molecule has 1 aromatic carbocycles. The second-order valence-electron chi connectivity index (χ2n) is 5.03. The van der Waals surface area contributed by atoms with E-state index in [1.54, 1.807) is 6.08 Å². The average Bonchev–Trinajstić information content (AvgIpc) is 2.85. The van der Waals surface area contributed by atoms with Gasteiger partial charge in [0.2, 0.25) is 0 Å². The standard InChI is InChI=1S/C15H14F2N2OS/c16-11-5-4-10(8-12(11)17)9-13-14(20)18-15(21-13)19-6-2-1-3-7-19/h4-5,8-9H,1-3,6-7H2/b13-9+. The van der Waals surface area contributed by atoms with Crippen LogP contribution < -0.4 is 0 Å². The van der Waals surface area contributed by atoms with Crippen LogP contribution in [-0.2, 0) is 4.79 Å². The van der Waals surface area contributed by atoms with Crippen LogP contribution in [0.15, 0.2) is 28.1 Å². The maximum absolute atomic E-state index is 13.2. The molecule has 0 unspecified atom stereocenters. The van der Waals surface area contributed by atoms with Gasteiger partial charge in [-0.1, -0.05) is 6.07 Å². The Morgan fingerprint density at radius 1 is 1.14 bits per heavy atom. The molecule has 2 aliphatic heterocycles. The fourth-order valence-electron chi connectivity index (χ4n) is 2.37. The van der Waals surface area contributed by atoms with E-state index < -0.39 is 11.6 Å². The molecule has 110 valence electrons. The lowest BCUT2D eigenvalue weighted by atomic mass is 10.1. The molecule has 0 radical (unpaired) electrons. The summed E-state index contributed by atoms with van der Waals surface area (Å²) in [5.74, 6) is -2.13. The SMILES string of the molecule is O=C1N=C(N2CCCCC2)S/C1=C/c1ccc(F)c(F)c1. The number of rotatable bonds is 1. The molecule has 1 fully saturated rings. The van der Waals surface area contributed by atoms with Gasteiger partial charge < -0.3 is 4.90 Å². The number of aliphatic imine (C=N–C) groups is 1. The first-order chi connectivity index (χ1) is 10.1. The monoisotopic (exact) mass is 308 g/mol. The molecule has 21 heavy (non-hydrogen) atoms. The number of carbonyl (C=O) groups excluding carboxylic acids is 1. The topological polar surface area (TPSA) is 32.7 Å². The quantitative estimate of drug-likeness (QED) is 0.745. The summed E-state index contributed by atoms with van der Waals surface area (Å²) in [6.07, 6.45) is 4.97. The fraction of sp³-hybridized carbons (Fsp3) is 0.333. The Labute approximate surface area is 125 Å². The number of hydrogen-bond donors (Lipinski definition) is 0. The minimum atomic E-state index is -0.919. The van der Waals surface area contributed by atoms with Crippen LogP contribution in [0.25, 0.3) is 6.08 Å². The third kappa shape index (κ3) is 3.15. The number of hydrogen-bond acceptors (Lipinski definition) is 3. The van der Waals surface area contributed by atoms with Gasteiger partial charge in [0, 0.05) is 13.1 Å². The molecule has 1 amide bonds. The van der Waals surface area contributed by atoms with E-state index in [0.29, 0.717) is 15.6 Å². The van der Waals surface area contributed by atoms with E-state index in [2.05, 4.69) is 9.89 Å². The van der Waals surface area contributed by atoms with Crippen molar-refractivity contribution in [3.63, 3.8) is 0 Å². The van der Waals surface area contributed by atoms with Gasteiger partial charge in [-0.15, -0.1) is 0 Å². The van der Waals surface area contributed by atoms with Crippen molar-refractivity contribution in [2.24, 2.45) is 4.99 Å². The molecule has 1 aromatic rings. The zero-order chi connectivity index (χ0) is 14.8. The van der Waals surface area contributed by atoms with Gasteiger partial charge in [-0.2, -0.15) is 4.99 Å². The number of piperidine rings is 1. The second kappa shape index (κ2) is 5.97. The van der Waals surface area contributed by atoms with E-state index in [1.807, 2.05) is 0 Å². The fourth-order valence-corrected chi connectivity index (χ4v) is 3.34. The summed E-state index contributed by atoms with van der Waals surface area (Å²) in [5.41, 5.74) is 0.458. The van der Waals surface area contributed by atoms with Crippen LogP contribution in [0.1, 0.15) is 24.8 Å². The number of carbonyl (C=O) groups is 1. The van der Waals surface area contributed by atoms with Crippen LogP contribution in [0.3, 0.4) is 0 Å².